The lowest BCUT2D eigenvalue weighted by Gasteiger charge is -2.14. The van der Waals surface area contributed by atoms with Crippen molar-refractivity contribution in [3.63, 3.8) is 0 Å². The fraction of sp³-hybridized carbons (Fsp3) is 0.300. The predicted octanol–water partition coefficient (Wildman–Crippen LogP) is 1.81. The van der Waals surface area contributed by atoms with Crippen LogP contribution in [0, 0.1) is 0 Å². The fourth-order valence-electron chi connectivity index (χ4n) is 1.16. The van der Waals surface area contributed by atoms with E-state index in [-0.39, 0.29) is 0 Å². The molecule has 0 radical (unpaired) electrons. The quantitative estimate of drug-likeness (QED) is 0.800. The van der Waals surface area contributed by atoms with Gasteiger partial charge in [-0.05, 0) is 6.07 Å². The number of amides is 1. The van der Waals surface area contributed by atoms with Gasteiger partial charge in [-0.3, -0.25) is 0 Å². The molecule has 0 saturated carbocycles. The van der Waals surface area contributed by atoms with Crippen LogP contribution in [0.4, 0.5) is 4.79 Å². The smallest absolute Gasteiger partial charge is 0.407 e. The van der Waals surface area contributed by atoms with E-state index >= 15 is 0 Å². The molecule has 0 aliphatic rings. The maximum atomic E-state index is 10.6. The van der Waals surface area contributed by atoms with Gasteiger partial charge in [-0.25, -0.2) is 4.79 Å². The van der Waals surface area contributed by atoms with Crippen molar-refractivity contribution in [3.05, 3.63) is 29.8 Å². The third-order valence-electron chi connectivity index (χ3n) is 1.93. The maximum absolute atomic E-state index is 10.6. The topological polar surface area (TPSA) is 49.8 Å². The Kier molecular flexibility index (Phi) is 3.34. The Balaban J connectivity index is 2.80. The van der Waals surface area contributed by atoms with Crippen LogP contribution < -0.4 is 4.74 Å². The summed E-state index contributed by atoms with van der Waals surface area (Å²) in [6.45, 7) is 0.333. The first-order chi connectivity index (χ1) is 6.65. The van der Waals surface area contributed by atoms with Crippen LogP contribution in [0.3, 0.4) is 0 Å². The Morgan fingerprint density at radius 2 is 2.14 bits per heavy atom. The molecule has 1 aromatic carbocycles. The van der Waals surface area contributed by atoms with E-state index in [1.807, 2.05) is 24.3 Å². The van der Waals surface area contributed by atoms with Gasteiger partial charge in [-0.1, -0.05) is 18.2 Å². The highest BCUT2D eigenvalue weighted by atomic mass is 16.5. The molecule has 0 fully saturated rings. The van der Waals surface area contributed by atoms with Gasteiger partial charge in [-0.2, -0.15) is 0 Å². The summed E-state index contributed by atoms with van der Waals surface area (Å²) in [4.78, 5) is 11.8. The number of methoxy groups -OCH3 is 1. The van der Waals surface area contributed by atoms with E-state index in [1.54, 1.807) is 7.11 Å². The van der Waals surface area contributed by atoms with Crippen molar-refractivity contribution in [2.75, 3.05) is 14.2 Å². The van der Waals surface area contributed by atoms with Crippen LogP contribution in [0.15, 0.2) is 24.3 Å². The molecule has 0 aliphatic carbocycles. The molecule has 0 spiro atoms. The monoisotopic (exact) mass is 195 g/mol. The summed E-state index contributed by atoms with van der Waals surface area (Å²) in [7, 11) is 3.09. The molecule has 1 amide bonds. The normalized spacial score (nSPS) is 9.57. The minimum Gasteiger partial charge on any atom is -0.496 e. The average molecular weight is 195 g/mol. The van der Waals surface area contributed by atoms with E-state index in [4.69, 9.17) is 9.84 Å². The third-order valence-corrected chi connectivity index (χ3v) is 1.93. The van der Waals surface area contributed by atoms with Gasteiger partial charge in [0.2, 0.25) is 0 Å². The summed E-state index contributed by atoms with van der Waals surface area (Å²) in [5.41, 5.74) is 0.861. The molecule has 0 heterocycles. The first kappa shape index (κ1) is 10.4. The van der Waals surface area contributed by atoms with Gasteiger partial charge in [0.1, 0.15) is 5.75 Å². The van der Waals surface area contributed by atoms with Crippen molar-refractivity contribution in [2.45, 2.75) is 6.54 Å². The maximum Gasteiger partial charge on any atom is 0.407 e. The van der Waals surface area contributed by atoms with Gasteiger partial charge < -0.3 is 14.7 Å². The summed E-state index contributed by atoms with van der Waals surface area (Å²) in [6.07, 6.45) is -0.948. The Morgan fingerprint density at radius 1 is 1.50 bits per heavy atom. The fourth-order valence-corrected chi connectivity index (χ4v) is 1.16. The third kappa shape index (κ3) is 2.39. The van der Waals surface area contributed by atoms with E-state index < -0.39 is 6.09 Å². The van der Waals surface area contributed by atoms with Crippen LogP contribution in [-0.2, 0) is 6.54 Å². The molecule has 4 heteroatoms. The van der Waals surface area contributed by atoms with Gasteiger partial charge in [0.05, 0.1) is 13.7 Å². The van der Waals surface area contributed by atoms with Crippen molar-refractivity contribution < 1.29 is 14.6 Å². The highest BCUT2D eigenvalue weighted by Crippen LogP contribution is 2.18. The molecule has 0 aliphatic heterocycles. The number of ether oxygens (including phenoxy) is 1. The van der Waals surface area contributed by atoms with Crippen LogP contribution in [0.5, 0.6) is 5.75 Å². The largest absolute Gasteiger partial charge is 0.496 e. The predicted molar refractivity (Wildman–Crippen MR) is 52.5 cm³/mol. The molecule has 4 nitrogen and oxygen atoms in total. The van der Waals surface area contributed by atoms with Crippen LogP contribution in [0.1, 0.15) is 5.56 Å². The highest BCUT2D eigenvalue weighted by molar-refractivity contribution is 5.64. The van der Waals surface area contributed by atoms with Gasteiger partial charge in [0.25, 0.3) is 0 Å². The molecule has 1 rings (SSSR count). The zero-order valence-corrected chi connectivity index (χ0v) is 8.23. The first-order valence-corrected chi connectivity index (χ1v) is 4.21. The molecular formula is C10H13NO3. The lowest BCUT2D eigenvalue weighted by atomic mass is 10.2. The minimum absolute atomic E-state index is 0.333. The molecule has 0 aromatic heterocycles. The lowest BCUT2D eigenvalue weighted by molar-refractivity contribution is 0.153. The van der Waals surface area contributed by atoms with Crippen molar-refractivity contribution in [2.24, 2.45) is 0 Å². The van der Waals surface area contributed by atoms with Crippen LogP contribution in [-0.4, -0.2) is 30.3 Å². The zero-order valence-electron chi connectivity index (χ0n) is 8.23. The minimum atomic E-state index is -0.948. The number of carbonyl (C=O) groups is 1. The Hall–Kier alpha value is -1.71. The second-order valence-electron chi connectivity index (χ2n) is 2.95. The van der Waals surface area contributed by atoms with E-state index in [9.17, 15) is 4.79 Å². The van der Waals surface area contributed by atoms with Crippen LogP contribution >= 0.6 is 0 Å². The number of hydrogen-bond acceptors (Lipinski definition) is 2. The van der Waals surface area contributed by atoms with Crippen LogP contribution in [0.2, 0.25) is 0 Å². The molecule has 0 saturated heterocycles. The second-order valence-corrected chi connectivity index (χ2v) is 2.95. The van der Waals surface area contributed by atoms with Crippen molar-refractivity contribution in [1.82, 2.24) is 4.90 Å². The van der Waals surface area contributed by atoms with E-state index in [2.05, 4.69) is 0 Å². The van der Waals surface area contributed by atoms with Crippen LogP contribution in [0.25, 0.3) is 0 Å². The zero-order chi connectivity index (χ0) is 10.6. The molecule has 14 heavy (non-hydrogen) atoms. The second kappa shape index (κ2) is 4.50. The molecule has 76 valence electrons. The first-order valence-electron chi connectivity index (χ1n) is 4.21. The van der Waals surface area contributed by atoms with Gasteiger partial charge in [0, 0.05) is 12.6 Å². The summed E-state index contributed by atoms with van der Waals surface area (Å²) < 4.78 is 5.11. The standard InChI is InChI=1S/C10H13NO3/c1-11(10(12)13)7-8-5-3-4-6-9(8)14-2/h3-6H,7H2,1-2H3,(H,12,13). The van der Waals surface area contributed by atoms with E-state index in [0.717, 1.165) is 5.56 Å². The number of benzene rings is 1. The Morgan fingerprint density at radius 3 is 2.71 bits per heavy atom. The van der Waals surface area contributed by atoms with Crippen molar-refractivity contribution in [3.8, 4) is 5.75 Å². The number of rotatable bonds is 3. The summed E-state index contributed by atoms with van der Waals surface area (Å²) in [6, 6.07) is 7.36. The van der Waals surface area contributed by atoms with Gasteiger partial charge in [0.15, 0.2) is 0 Å². The number of para-hydroxylation sites is 1. The van der Waals surface area contributed by atoms with Crippen molar-refractivity contribution >= 4 is 6.09 Å². The lowest BCUT2D eigenvalue weighted by Crippen LogP contribution is -2.24. The van der Waals surface area contributed by atoms with E-state index in [1.165, 1.54) is 11.9 Å². The summed E-state index contributed by atoms with van der Waals surface area (Å²) in [5.74, 6) is 0.709. The average Bonchev–Trinajstić information content (AvgIpc) is 2.18. The molecular weight excluding hydrogens is 182 g/mol. The highest BCUT2D eigenvalue weighted by Gasteiger charge is 2.08. The van der Waals surface area contributed by atoms with E-state index in [0.29, 0.717) is 12.3 Å². The molecule has 1 aromatic rings. The molecule has 0 atom stereocenters. The Bertz CT molecular complexity index is 325. The Labute approximate surface area is 82.7 Å². The number of nitrogens with zero attached hydrogens (tertiary/aromatic N) is 1. The van der Waals surface area contributed by atoms with Crippen molar-refractivity contribution in [1.29, 1.82) is 0 Å². The SMILES string of the molecule is COc1ccccc1CN(C)C(=O)O. The molecule has 0 unspecified atom stereocenters. The number of hydrogen-bond donors (Lipinski definition) is 1. The molecule has 1 N–H and O–H groups in total. The summed E-state index contributed by atoms with van der Waals surface area (Å²) in [5, 5.41) is 8.69. The van der Waals surface area contributed by atoms with Gasteiger partial charge >= 0.3 is 6.09 Å². The summed E-state index contributed by atoms with van der Waals surface area (Å²) >= 11 is 0. The van der Waals surface area contributed by atoms with Gasteiger partial charge in [-0.15, -0.1) is 0 Å². The molecule has 0 bridgehead atoms. The number of carboxylic acid groups (broad SMARTS) is 1.